The molecule has 0 saturated carbocycles. The molecule has 1 rings (SSSR count). The minimum absolute atomic E-state index is 0.0510. The quantitative estimate of drug-likeness (QED) is 0.714. The Kier molecular flexibility index (Phi) is 7.19. The Bertz CT molecular complexity index is 435. The highest BCUT2D eigenvalue weighted by molar-refractivity contribution is 9.10. The summed E-state index contributed by atoms with van der Waals surface area (Å²) in [6.45, 7) is 4.67. The van der Waals surface area contributed by atoms with E-state index in [2.05, 4.69) is 35.1 Å². The number of amides is 1. The van der Waals surface area contributed by atoms with E-state index in [0.717, 1.165) is 12.8 Å². The van der Waals surface area contributed by atoms with Gasteiger partial charge in [0.1, 0.15) is 0 Å². The molecule has 1 aromatic rings. The molecule has 1 unspecified atom stereocenters. The van der Waals surface area contributed by atoms with Crippen LogP contribution in [0.4, 0.5) is 0 Å². The molecule has 0 fully saturated rings. The van der Waals surface area contributed by atoms with Crippen LogP contribution in [-0.2, 0) is 0 Å². The number of rotatable bonds is 6. The molecule has 0 heterocycles. The second-order valence-electron chi connectivity index (χ2n) is 4.40. The highest BCUT2D eigenvalue weighted by Gasteiger charge is 2.18. The molecule has 1 amide bonds. The van der Waals surface area contributed by atoms with E-state index in [1.807, 2.05) is 0 Å². The van der Waals surface area contributed by atoms with Crippen molar-refractivity contribution < 1.29 is 4.79 Å². The highest BCUT2D eigenvalue weighted by Crippen LogP contribution is 2.26. The number of benzene rings is 1. The van der Waals surface area contributed by atoms with Crippen molar-refractivity contribution in [1.29, 1.82) is 0 Å². The smallest absolute Gasteiger partial charge is 0.252 e. The molecule has 0 spiro atoms. The maximum atomic E-state index is 12.0. The fourth-order valence-electron chi connectivity index (χ4n) is 1.93. The first-order chi connectivity index (χ1) is 9.01. The van der Waals surface area contributed by atoms with Gasteiger partial charge in [-0.2, -0.15) is 0 Å². The molecular formula is C14H18BrCl2NO. The standard InChI is InChI=1S/C14H18BrCl2NO/c1-3-9(4-2)12(16)8-18-14(19)10-6-5-7-11(15)13(10)17/h5-7,9,12H,3-4,8H2,1-2H3,(H,18,19). The average Bonchev–Trinajstić information content (AvgIpc) is 2.40. The van der Waals surface area contributed by atoms with Crippen molar-refractivity contribution >= 4 is 45.0 Å². The summed E-state index contributed by atoms with van der Waals surface area (Å²) in [5, 5.41) is 3.21. The van der Waals surface area contributed by atoms with Gasteiger partial charge in [0.05, 0.1) is 16.0 Å². The lowest BCUT2D eigenvalue weighted by atomic mass is 9.99. The molecule has 1 atom stereocenters. The van der Waals surface area contributed by atoms with Crippen LogP contribution in [0.3, 0.4) is 0 Å². The first-order valence-electron chi connectivity index (χ1n) is 6.37. The van der Waals surface area contributed by atoms with Crippen LogP contribution in [0.5, 0.6) is 0 Å². The van der Waals surface area contributed by atoms with E-state index in [1.54, 1.807) is 18.2 Å². The van der Waals surface area contributed by atoms with Crippen LogP contribution in [0.2, 0.25) is 5.02 Å². The lowest BCUT2D eigenvalue weighted by Gasteiger charge is -2.19. The number of halogens is 3. The molecule has 1 N–H and O–H groups in total. The van der Waals surface area contributed by atoms with E-state index in [-0.39, 0.29) is 11.3 Å². The predicted octanol–water partition coefficient (Wildman–Crippen LogP) is 4.88. The fraction of sp³-hybridized carbons (Fsp3) is 0.500. The molecule has 0 bridgehead atoms. The molecule has 0 aliphatic carbocycles. The summed E-state index contributed by atoms with van der Waals surface area (Å²) in [4.78, 5) is 12.0. The van der Waals surface area contributed by atoms with Gasteiger partial charge >= 0.3 is 0 Å². The van der Waals surface area contributed by atoms with Crippen LogP contribution >= 0.6 is 39.1 Å². The van der Waals surface area contributed by atoms with E-state index in [1.165, 1.54) is 0 Å². The Morgan fingerprint density at radius 3 is 2.58 bits per heavy atom. The summed E-state index contributed by atoms with van der Waals surface area (Å²) in [6, 6.07) is 5.28. The van der Waals surface area contributed by atoms with E-state index in [4.69, 9.17) is 23.2 Å². The van der Waals surface area contributed by atoms with Gasteiger partial charge in [0.25, 0.3) is 5.91 Å². The van der Waals surface area contributed by atoms with Crippen LogP contribution in [0.25, 0.3) is 0 Å². The van der Waals surface area contributed by atoms with Crippen LogP contribution in [0.15, 0.2) is 22.7 Å². The summed E-state index contributed by atoms with van der Waals surface area (Å²) in [7, 11) is 0. The third-order valence-electron chi connectivity index (χ3n) is 3.21. The van der Waals surface area contributed by atoms with Crippen molar-refractivity contribution in [2.75, 3.05) is 6.54 Å². The largest absolute Gasteiger partial charge is 0.350 e. The summed E-state index contributed by atoms with van der Waals surface area (Å²) < 4.78 is 0.712. The van der Waals surface area contributed by atoms with E-state index in [0.29, 0.717) is 27.5 Å². The van der Waals surface area contributed by atoms with Gasteiger partial charge in [0.2, 0.25) is 0 Å². The van der Waals surface area contributed by atoms with Crippen molar-refractivity contribution in [3.8, 4) is 0 Å². The number of nitrogens with one attached hydrogen (secondary N) is 1. The minimum Gasteiger partial charge on any atom is -0.350 e. The molecule has 1 aromatic carbocycles. The second-order valence-corrected chi connectivity index (χ2v) is 6.20. The van der Waals surface area contributed by atoms with Crippen molar-refractivity contribution in [3.63, 3.8) is 0 Å². The van der Waals surface area contributed by atoms with Gasteiger partial charge in [0.15, 0.2) is 0 Å². The van der Waals surface area contributed by atoms with Gasteiger partial charge in [-0.15, -0.1) is 11.6 Å². The summed E-state index contributed by atoms with van der Waals surface area (Å²) in [6.07, 6.45) is 2.02. The average molecular weight is 367 g/mol. The highest BCUT2D eigenvalue weighted by atomic mass is 79.9. The first kappa shape index (κ1) is 16.8. The van der Waals surface area contributed by atoms with Gasteiger partial charge in [-0.25, -0.2) is 0 Å². The Hall–Kier alpha value is -0.250. The van der Waals surface area contributed by atoms with Crippen LogP contribution in [-0.4, -0.2) is 17.8 Å². The van der Waals surface area contributed by atoms with Crippen molar-refractivity contribution in [2.45, 2.75) is 32.1 Å². The molecule has 0 aromatic heterocycles. The second kappa shape index (κ2) is 8.13. The van der Waals surface area contributed by atoms with E-state index in [9.17, 15) is 4.79 Å². The number of alkyl halides is 1. The summed E-state index contributed by atoms with van der Waals surface area (Å²) >= 11 is 15.7. The molecule has 0 aliphatic rings. The maximum absolute atomic E-state index is 12.0. The van der Waals surface area contributed by atoms with Crippen molar-refractivity contribution in [2.24, 2.45) is 5.92 Å². The maximum Gasteiger partial charge on any atom is 0.252 e. The Labute approximate surface area is 133 Å². The fourth-order valence-corrected chi connectivity index (χ4v) is 2.94. The summed E-state index contributed by atoms with van der Waals surface area (Å²) in [5.74, 6) is 0.225. The van der Waals surface area contributed by atoms with Gasteiger partial charge in [-0.1, -0.05) is 44.4 Å². The topological polar surface area (TPSA) is 29.1 Å². The molecule has 0 aliphatic heterocycles. The van der Waals surface area contributed by atoms with E-state index < -0.39 is 0 Å². The number of hydrogen-bond donors (Lipinski definition) is 1. The lowest BCUT2D eigenvalue weighted by Crippen LogP contribution is -2.33. The molecular weight excluding hydrogens is 349 g/mol. The number of carbonyl (C=O) groups excluding carboxylic acids is 1. The zero-order chi connectivity index (χ0) is 14.4. The minimum atomic E-state index is -0.192. The Morgan fingerprint density at radius 2 is 2.00 bits per heavy atom. The normalized spacial score (nSPS) is 12.5. The van der Waals surface area contributed by atoms with Crippen LogP contribution in [0.1, 0.15) is 37.0 Å². The van der Waals surface area contributed by atoms with Crippen LogP contribution in [0, 0.1) is 5.92 Å². The van der Waals surface area contributed by atoms with Gasteiger partial charge in [0, 0.05) is 11.0 Å². The predicted molar refractivity (Wildman–Crippen MR) is 85.2 cm³/mol. The molecule has 5 heteroatoms. The molecule has 0 saturated heterocycles. The molecule has 0 radical (unpaired) electrons. The van der Waals surface area contributed by atoms with Crippen molar-refractivity contribution in [1.82, 2.24) is 5.32 Å². The van der Waals surface area contributed by atoms with Gasteiger partial charge in [-0.3, -0.25) is 4.79 Å². The van der Waals surface area contributed by atoms with Crippen molar-refractivity contribution in [3.05, 3.63) is 33.3 Å². The van der Waals surface area contributed by atoms with E-state index >= 15 is 0 Å². The summed E-state index contributed by atoms with van der Waals surface area (Å²) in [5.41, 5.74) is 0.462. The third kappa shape index (κ3) is 4.66. The van der Waals surface area contributed by atoms with Gasteiger partial charge in [-0.05, 0) is 34.0 Å². The number of hydrogen-bond acceptors (Lipinski definition) is 1. The SMILES string of the molecule is CCC(CC)C(Cl)CNC(=O)c1cccc(Br)c1Cl. The van der Waals surface area contributed by atoms with Crippen LogP contribution < -0.4 is 5.32 Å². The molecule has 19 heavy (non-hydrogen) atoms. The zero-order valence-corrected chi connectivity index (χ0v) is 14.1. The lowest BCUT2D eigenvalue weighted by molar-refractivity contribution is 0.0951. The number of carbonyl (C=O) groups is 1. The monoisotopic (exact) mass is 365 g/mol. The molecule has 106 valence electrons. The molecule has 2 nitrogen and oxygen atoms in total. The van der Waals surface area contributed by atoms with Gasteiger partial charge < -0.3 is 5.32 Å². The first-order valence-corrected chi connectivity index (χ1v) is 7.98. The third-order valence-corrected chi connectivity index (χ3v) is 5.02. The Balaban J connectivity index is 2.63. The Morgan fingerprint density at radius 1 is 1.37 bits per heavy atom. The zero-order valence-electron chi connectivity index (χ0n) is 11.1.